The van der Waals surface area contributed by atoms with Gasteiger partial charge >= 0.3 is 0 Å². The molecule has 0 heterocycles. The van der Waals surface area contributed by atoms with E-state index in [-0.39, 0.29) is 5.41 Å². The Morgan fingerprint density at radius 3 is 1.55 bits per heavy atom. The minimum atomic E-state index is 0.261. The van der Waals surface area contributed by atoms with Crippen molar-refractivity contribution < 1.29 is 0 Å². The molecule has 0 bridgehead atoms. The Morgan fingerprint density at radius 1 is 0.697 bits per heavy atom. The van der Waals surface area contributed by atoms with Crippen LogP contribution in [0.1, 0.15) is 120 Å². The van der Waals surface area contributed by atoms with E-state index in [1.807, 2.05) is 0 Å². The topological polar surface area (TPSA) is 3.24 Å². The van der Waals surface area contributed by atoms with Crippen LogP contribution in [0.3, 0.4) is 0 Å². The van der Waals surface area contributed by atoms with Crippen LogP contribution in [0.25, 0.3) is 0 Å². The summed E-state index contributed by atoms with van der Waals surface area (Å²) in [6.45, 7) is 27.2. The molecule has 1 nitrogen and oxygen atoms in total. The summed E-state index contributed by atoms with van der Waals surface area (Å²) >= 11 is 0. The van der Waals surface area contributed by atoms with Crippen LogP contribution in [0, 0.1) is 52.8 Å². The molecule has 3 rings (SSSR count). The van der Waals surface area contributed by atoms with Gasteiger partial charge < -0.3 is 0 Å². The van der Waals surface area contributed by atoms with Crippen molar-refractivity contribution in [3.63, 3.8) is 0 Å². The van der Waals surface area contributed by atoms with Gasteiger partial charge in [-0.3, -0.25) is 4.90 Å². The molecule has 1 heteroatoms. The molecule has 0 aromatic rings. The zero-order valence-corrected chi connectivity index (χ0v) is 23.9. The summed E-state index contributed by atoms with van der Waals surface area (Å²) in [5.74, 6) is 6.47. The fraction of sp³-hybridized carbons (Fsp3) is 0.938. The SMILES string of the molecule is C=CC1(C(C)C)CCC(C)CC1N(C1CC(C)CCC1C(C)C)C1CC(C)CCC1C(C)C. The van der Waals surface area contributed by atoms with Crippen LogP contribution in [0.5, 0.6) is 0 Å². The Bertz CT molecular complexity index is 588. The fourth-order valence-electron chi connectivity index (χ4n) is 8.63. The highest BCUT2D eigenvalue weighted by atomic mass is 15.2. The molecule has 3 aliphatic rings. The number of rotatable bonds is 7. The largest absolute Gasteiger partial charge is 0.293 e. The second-order valence-electron chi connectivity index (χ2n) is 14.1. The normalized spacial score (nSPS) is 42.9. The number of nitrogens with zero attached hydrogens (tertiary/aromatic N) is 1. The lowest BCUT2D eigenvalue weighted by Crippen LogP contribution is -2.64. The first kappa shape index (κ1) is 27.3. The second-order valence-corrected chi connectivity index (χ2v) is 14.1. The molecule has 9 atom stereocenters. The maximum atomic E-state index is 4.54. The van der Waals surface area contributed by atoms with Crippen molar-refractivity contribution in [2.45, 2.75) is 138 Å². The average molecular weight is 458 g/mol. The summed E-state index contributed by atoms with van der Waals surface area (Å²) in [6, 6.07) is 2.16. The third-order valence-electron chi connectivity index (χ3n) is 10.9. The molecule has 0 aromatic heterocycles. The zero-order chi connectivity index (χ0) is 24.5. The monoisotopic (exact) mass is 457 g/mol. The molecule has 0 N–H and O–H groups in total. The van der Waals surface area contributed by atoms with Gasteiger partial charge in [-0.15, -0.1) is 6.58 Å². The summed E-state index contributed by atoms with van der Waals surface area (Å²) < 4.78 is 0. The molecule has 3 aliphatic carbocycles. The van der Waals surface area contributed by atoms with E-state index in [4.69, 9.17) is 0 Å². The first-order chi connectivity index (χ1) is 15.5. The lowest BCUT2D eigenvalue weighted by molar-refractivity contribution is -0.103. The highest BCUT2D eigenvalue weighted by Gasteiger charge is 2.52. The molecule has 3 saturated carbocycles. The Balaban J connectivity index is 2.15. The predicted molar refractivity (Wildman–Crippen MR) is 146 cm³/mol. The number of hydrogen-bond donors (Lipinski definition) is 0. The summed E-state index contributed by atoms with van der Waals surface area (Å²) in [6.07, 6.45) is 15.1. The van der Waals surface area contributed by atoms with E-state index < -0.39 is 0 Å². The number of hydrogen-bond acceptors (Lipinski definition) is 1. The van der Waals surface area contributed by atoms with E-state index in [0.717, 1.165) is 53.5 Å². The summed E-state index contributed by atoms with van der Waals surface area (Å²) in [5.41, 5.74) is 0.261. The van der Waals surface area contributed by atoms with Gasteiger partial charge in [0, 0.05) is 23.5 Å². The van der Waals surface area contributed by atoms with E-state index >= 15 is 0 Å². The average Bonchev–Trinajstić information content (AvgIpc) is 2.74. The second kappa shape index (κ2) is 11.2. The minimum absolute atomic E-state index is 0.261. The molecule has 0 radical (unpaired) electrons. The summed E-state index contributed by atoms with van der Waals surface area (Å²) in [7, 11) is 0. The van der Waals surface area contributed by atoms with Crippen LogP contribution in [0.15, 0.2) is 12.7 Å². The molecule has 0 saturated heterocycles. The molecular weight excluding hydrogens is 398 g/mol. The fourth-order valence-corrected chi connectivity index (χ4v) is 8.63. The van der Waals surface area contributed by atoms with Gasteiger partial charge in [0.1, 0.15) is 0 Å². The Morgan fingerprint density at radius 2 is 1.15 bits per heavy atom. The summed E-state index contributed by atoms with van der Waals surface area (Å²) in [5, 5.41) is 0. The molecule has 9 unspecified atom stereocenters. The van der Waals surface area contributed by atoms with Crippen molar-refractivity contribution in [3.8, 4) is 0 Å². The van der Waals surface area contributed by atoms with Crippen molar-refractivity contribution in [1.82, 2.24) is 4.90 Å². The standard InChI is InChI=1S/C32H59N/c1-11-32(23(6)7)17-16-26(10)20-31(32)33(29-18-24(8)12-14-27(29)21(2)3)30-19-25(9)13-15-28(30)22(4)5/h11,21-31H,1,12-20H2,2-10H3. The van der Waals surface area contributed by atoms with E-state index in [1.54, 1.807) is 0 Å². The van der Waals surface area contributed by atoms with Crippen LogP contribution >= 0.6 is 0 Å². The maximum Gasteiger partial charge on any atom is 0.0197 e. The zero-order valence-electron chi connectivity index (χ0n) is 23.9. The smallest absolute Gasteiger partial charge is 0.0197 e. The van der Waals surface area contributed by atoms with Gasteiger partial charge in [0.15, 0.2) is 0 Å². The molecule has 0 amide bonds. The maximum absolute atomic E-state index is 4.54. The van der Waals surface area contributed by atoms with Gasteiger partial charge in [-0.25, -0.2) is 0 Å². The first-order valence-electron chi connectivity index (χ1n) is 14.9. The molecule has 0 aromatic carbocycles. The quantitative estimate of drug-likeness (QED) is 0.344. The van der Waals surface area contributed by atoms with Crippen molar-refractivity contribution >= 4 is 0 Å². The lowest BCUT2D eigenvalue weighted by atomic mass is 9.59. The van der Waals surface area contributed by atoms with Crippen molar-refractivity contribution in [3.05, 3.63) is 12.7 Å². The minimum Gasteiger partial charge on any atom is -0.293 e. The Hall–Kier alpha value is -0.300. The Kier molecular flexibility index (Phi) is 9.24. The van der Waals surface area contributed by atoms with Crippen molar-refractivity contribution in [2.75, 3.05) is 0 Å². The van der Waals surface area contributed by atoms with Crippen molar-refractivity contribution in [2.24, 2.45) is 52.8 Å². The van der Waals surface area contributed by atoms with Crippen LogP contribution < -0.4 is 0 Å². The van der Waals surface area contributed by atoms with Gasteiger partial charge in [-0.1, -0.05) is 81.2 Å². The summed E-state index contributed by atoms with van der Waals surface area (Å²) in [4.78, 5) is 3.26. The van der Waals surface area contributed by atoms with Gasteiger partial charge in [0.2, 0.25) is 0 Å². The highest BCUT2D eigenvalue weighted by molar-refractivity contribution is 5.11. The van der Waals surface area contributed by atoms with E-state index in [9.17, 15) is 0 Å². The molecule has 33 heavy (non-hydrogen) atoms. The molecular formula is C32H59N. The Labute approximate surface area is 208 Å². The highest BCUT2D eigenvalue weighted by Crippen LogP contribution is 2.53. The third-order valence-corrected chi connectivity index (χ3v) is 10.9. The van der Waals surface area contributed by atoms with Gasteiger partial charge in [0.05, 0.1) is 0 Å². The van der Waals surface area contributed by atoms with Crippen LogP contribution in [0.2, 0.25) is 0 Å². The van der Waals surface area contributed by atoms with E-state index in [2.05, 4.69) is 79.9 Å². The molecule has 0 spiro atoms. The lowest BCUT2D eigenvalue weighted by Gasteiger charge is -2.60. The third kappa shape index (κ3) is 5.59. The van der Waals surface area contributed by atoms with Crippen molar-refractivity contribution in [1.29, 1.82) is 0 Å². The molecule has 0 aliphatic heterocycles. The van der Waals surface area contributed by atoms with Crippen LogP contribution in [-0.4, -0.2) is 23.0 Å². The molecule has 3 fully saturated rings. The first-order valence-corrected chi connectivity index (χ1v) is 14.9. The predicted octanol–water partition coefficient (Wildman–Crippen LogP) is 9.23. The van der Waals surface area contributed by atoms with Crippen LogP contribution in [-0.2, 0) is 0 Å². The van der Waals surface area contributed by atoms with Gasteiger partial charge in [-0.05, 0) is 92.3 Å². The van der Waals surface area contributed by atoms with Gasteiger partial charge in [0.25, 0.3) is 0 Å². The van der Waals surface area contributed by atoms with E-state index in [0.29, 0.717) is 12.0 Å². The van der Waals surface area contributed by atoms with Crippen LogP contribution in [0.4, 0.5) is 0 Å². The molecule has 192 valence electrons. The van der Waals surface area contributed by atoms with E-state index in [1.165, 1.54) is 57.8 Å². The van der Waals surface area contributed by atoms with Gasteiger partial charge in [-0.2, -0.15) is 0 Å².